The van der Waals surface area contributed by atoms with Crippen LogP contribution >= 0.6 is 0 Å². The second-order valence-electron chi connectivity index (χ2n) is 1.91. The van der Waals surface area contributed by atoms with Gasteiger partial charge in [-0.25, -0.2) is 0 Å². The zero-order chi connectivity index (χ0) is 6.53. The first-order valence-corrected chi connectivity index (χ1v) is 3.11. The van der Waals surface area contributed by atoms with Crippen LogP contribution in [0.5, 0.6) is 0 Å². The van der Waals surface area contributed by atoms with Gasteiger partial charge in [0.2, 0.25) is 0 Å². The first-order valence-electron chi connectivity index (χ1n) is 3.11. The van der Waals surface area contributed by atoms with Gasteiger partial charge in [-0.3, -0.25) is 0 Å². The van der Waals surface area contributed by atoms with Gasteiger partial charge in [-0.15, -0.1) is 0 Å². The number of hydrogen-bond acceptors (Lipinski definition) is 0. The van der Waals surface area contributed by atoms with Crippen LogP contribution in [0.25, 0.3) is 6.08 Å². The number of benzene rings is 1. The summed E-state index contributed by atoms with van der Waals surface area (Å²) < 4.78 is 0. The molecule has 0 spiro atoms. The van der Waals surface area contributed by atoms with Gasteiger partial charge < -0.3 is 0 Å². The van der Waals surface area contributed by atoms with E-state index >= 15 is 0 Å². The van der Waals surface area contributed by atoms with Crippen molar-refractivity contribution in [3.05, 3.63) is 42.0 Å². The number of rotatable bonds is 1. The SMILES string of the molecule is CC=Cc1ccccc1.[Li].[Li]. The van der Waals surface area contributed by atoms with Crippen molar-refractivity contribution in [2.24, 2.45) is 0 Å². The summed E-state index contributed by atoms with van der Waals surface area (Å²) in [6.45, 7) is 2.02. The molecule has 0 unspecified atom stereocenters. The van der Waals surface area contributed by atoms with Crippen LogP contribution in [0, 0.1) is 0 Å². The summed E-state index contributed by atoms with van der Waals surface area (Å²) in [7, 11) is 0. The Labute approximate surface area is 92.4 Å². The molecule has 0 fully saturated rings. The smallest absolute Gasteiger partial charge is 0 e. The van der Waals surface area contributed by atoms with Crippen LogP contribution in [0.1, 0.15) is 12.5 Å². The average molecular weight is 132 g/mol. The normalized spacial score (nSPS) is 8.45. The average Bonchev–Trinajstić information content (AvgIpc) is 1.91. The van der Waals surface area contributed by atoms with Crippen molar-refractivity contribution in [2.75, 3.05) is 0 Å². The maximum atomic E-state index is 2.08. The van der Waals surface area contributed by atoms with Crippen LogP contribution in [0.4, 0.5) is 0 Å². The van der Waals surface area contributed by atoms with Crippen LogP contribution in [0.2, 0.25) is 0 Å². The molecule has 0 aliphatic heterocycles. The number of allylic oxidation sites excluding steroid dienone is 1. The maximum Gasteiger partial charge on any atom is 0 e. The summed E-state index contributed by atoms with van der Waals surface area (Å²) in [5.41, 5.74) is 1.26. The Balaban J connectivity index is 0. The van der Waals surface area contributed by atoms with E-state index in [4.69, 9.17) is 0 Å². The second-order valence-corrected chi connectivity index (χ2v) is 1.91. The molecule has 0 amide bonds. The molecule has 2 heteroatoms. The molecule has 0 saturated heterocycles. The predicted octanol–water partition coefficient (Wildman–Crippen LogP) is 1.96. The van der Waals surface area contributed by atoms with Gasteiger partial charge in [0.05, 0.1) is 0 Å². The maximum absolute atomic E-state index is 2.08. The van der Waals surface area contributed by atoms with Gasteiger partial charge in [-0.05, 0) is 12.5 Å². The summed E-state index contributed by atoms with van der Waals surface area (Å²) in [6, 6.07) is 10.3. The molecule has 0 nitrogen and oxygen atoms in total. The quantitative estimate of drug-likeness (QED) is 0.512. The Morgan fingerprint density at radius 3 is 2.00 bits per heavy atom. The van der Waals surface area contributed by atoms with Gasteiger partial charge in [0.1, 0.15) is 0 Å². The van der Waals surface area contributed by atoms with Crippen molar-refractivity contribution < 1.29 is 0 Å². The fourth-order valence-electron chi connectivity index (χ4n) is 0.757. The third-order valence-corrected chi connectivity index (χ3v) is 1.16. The Hall–Kier alpha value is 0.155. The van der Waals surface area contributed by atoms with Crippen molar-refractivity contribution in [1.29, 1.82) is 0 Å². The minimum atomic E-state index is 0. The molecular weight excluding hydrogens is 122 g/mol. The number of hydrogen-bond donors (Lipinski definition) is 0. The van der Waals surface area contributed by atoms with E-state index in [0.29, 0.717) is 0 Å². The standard InChI is InChI=1S/C9H10.2Li/c1-2-6-9-7-4-3-5-8-9;;/h2-8H,1H3;;. The Morgan fingerprint density at radius 1 is 1.00 bits per heavy atom. The molecule has 48 valence electrons. The van der Waals surface area contributed by atoms with Gasteiger partial charge >= 0.3 is 0 Å². The predicted molar refractivity (Wildman–Crippen MR) is 52.7 cm³/mol. The second kappa shape index (κ2) is 8.25. The van der Waals surface area contributed by atoms with Crippen LogP contribution in [0.3, 0.4) is 0 Å². The van der Waals surface area contributed by atoms with E-state index in [2.05, 4.69) is 18.2 Å². The van der Waals surface area contributed by atoms with E-state index in [0.717, 1.165) is 0 Å². The molecule has 2 radical (unpaired) electrons. The molecule has 1 aromatic carbocycles. The van der Waals surface area contributed by atoms with Gasteiger partial charge in [0.25, 0.3) is 0 Å². The Kier molecular flexibility index (Phi) is 10.3. The third-order valence-electron chi connectivity index (χ3n) is 1.16. The van der Waals surface area contributed by atoms with Gasteiger partial charge in [-0.2, -0.15) is 0 Å². The van der Waals surface area contributed by atoms with Crippen molar-refractivity contribution in [3.63, 3.8) is 0 Å². The first kappa shape index (κ1) is 13.7. The first-order chi connectivity index (χ1) is 4.43. The fraction of sp³-hybridized carbons (Fsp3) is 0.111. The molecule has 1 rings (SSSR count). The molecule has 0 saturated carbocycles. The van der Waals surface area contributed by atoms with Crippen molar-refractivity contribution in [2.45, 2.75) is 6.92 Å². The van der Waals surface area contributed by atoms with Gasteiger partial charge in [0, 0.05) is 37.7 Å². The molecule has 0 heterocycles. The zero-order valence-corrected chi connectivity index (χ0v) is 7.54. The largest absolute Gasteiger partial charge is 0.0871 e. The minimum absolute atomic E-state index is 0. The van der Waals surface area contributed by atoms with Crippen molar-refractivity contribution in [1.82, 2.24) is 0 Å². The molecule has 0 aliphatic carbocycles. The van der Waals surface area contributed by atoms with E-state index in [1.54, 1.807) is 0 Å². The van der Waals surface area contributed by atoms with E-state index in [1.165, 1.54) is 5.56 Å². The van der Waals surface area contributed by atoms with E-state index in [1.807, 2.05) is 31.2 Å². The van der Waals surface area contributed by atoms with Gasteiger partial charge in [0.15, 0.2) is 0 Å². The van der Waals surface area contributed by atoms with E-state index < -0.39 is 0 Å². The van der Waals surface area contributed by atoms with Crippen LogP contribution < -0.4 is 0 Å². The van der Waals surface area contributed by atoms with Crippen LogP contribution in [-0.4, -0.2) is 37.7 Å². The summed E-state index contributed by atoms with van der Waals surface area (Å²) in [6.07, 6.45) is 4.12. The Bertz CT molecular complexity index is 192. The molecule has 0 N–H and O–H groups in total. The summed E-state index contributed by atoms with van der Waals surface area (Å²) in [5.74, 6) is 0. The van der Waals surface area contributed by atoms with Crippen molar-refractivity contribution >= 4 is 43.8 Å². The Morgan fingerprint density at radius 2 is 1.55 bits per heavy atom. The van der Waals surface area contributed by atoms with Crippen LogP contribution in [-0.2, 0) is 0 Å². The van der Waals surface area contributed by atoms with Gasteiger partial charge in [-0.1, -0.05) is 42.5 Å². The molecule has 11 heavy (non-hydrogen) atoms. The summed E-state index contributed by atoms with van der Waals surface area (Å²) in [4.78, 5) is 0. The molecule has 0 atom stereocenters. The molecule has 0 aliphatic rings. The molecular formula is C9H10Li2. The molecule has 1 aromatic rings. The fourth-order valence-corrected chi connectivity index (χ4v) is 0.757. The monoisotopic (exact) mass is 132 g/mol. The molecule has 0 bridgehead atoms. The van der Waals surface area contributed by atoms with E-state index in [9.17, 15) is 0 Å². The summed E-state index contributed by atoms with van der Waals surface area (Å²) >= 11 is 0. The minimum Gasteiger partial charge on any atom is -0.0871 e. The van der Waals surface area contributed by atoms with E-state index in [-0.39, 0.29) is 37.7 Å². The van der Waals surface area contributed by atoms with Crippen molar-refractivity contribution in [3.8, 4) is 0 Å². The topological polar surface area (TPSA) is 0 Å². The third kappa shape index (κ3) is 5.43. The zero-order valence-electron chi connectivity index (χ0n) is 7.54. The summed E-state index contributed by atoms with van der Waals surface area (Å²) in [5, 5.41) is 0. The molecule has 0 aromatic heterocycles. The van der Waals surface area contributed by atoms with Crippen LogP contribution in [0.15, 0.2) is 36.4 Å².